The molecule has 3 aliphatic heterocycles. The average Bonchev–Trinajstić information content (AvgIpc) is 3.40. The topological polar surface area (TPSA) is 126 Å². The summed E-state index contributed by atoms with van der Waals surface area (Å²) in [6, 6.07) is 5.68. The lowest BCUT2D eigenvalue weighted by Crippen LogP contribution is -2.55. The van der Waals surface area contributed by atoms with Crippen LogP contribution in [0.25, 0.3) is 5.57 Å². The number of fused-ring (bicyclic) bond motifs is 3. The number of carbonyl (C=O) groups excluding carboxylic acids is 5. The molecule has 3 heterocycles. The minimum absolute atomic E-state index is 0.0764. The lowest BCUT2D eigenvalue weighted by atomic mass is 9.82. The summed E-state index contributed by atoms with van der Waals surface area (Å²) in [4.78, 5) is 69.8. The van der Waals surface area contributed by atoms with E-state index in [0.29, 0.717) is 34.6 Å². The van der Waals surface area contributed by atoms with Gasteiger partial charge in [-0.3, -0.25) is 4.79 Å². The molecule has 44 heavy (non-hydrogen) atoms. The van der Waals surface area contributed by atoms with E-state index in [4.69, 9.17) is 18.9 Å². The molecular weight excluding hydrogens is 627 g/mol. The van der Waals surface area contributed by atoms with Gasteiger partial charge in [0.1, 0.15) is 18.8 Å². The van der Waals surface area contributed by atoms with Crippen molar-refractivity contribution in [2.45, 2.75) is 57.1 Å². The molecule has 0 N–H and O–H groups in total. The molecule has 236 valence electrons. The summed E-state index contributed by atoms with van der Waals surface area (Å²) in [6.07, 6.45) is 1.26. The van der Waals surface area contributed by atoms with Gasteiger partial charge in [-0.1, -0.05) is 60.8 Å². The quantitative estimate of drug-likeness (QED) is 0.276. The number of hydrogen-bond acceptors (Lipinski definition) is 12. The molecule has 1 spiro atoms. The van der Waals surface area contributed by atoms with E-state index < -0.39 is 33.5 Å². The van der Waals surface area contributed by atoms with Crippen LogP contribution in [-0.4, -0.2) is 67.8 Å². The second kappa shape index (κ2) is 12.7. The zero-order chi connectivity index (χ0) is 32.7. The Labute approximate surface area is 269 Å². The number of esters is 4. The second-order valence-electron chi connectivity index (χ2n) is 10.7. The second-order valence-corrected chi connectivity index (χ2v) is 14.5. The Morgan fingerprint density at radius 2 is 1.30 bits per heavy atom. The van der Waals surface area contributed by atoms with Crippen LogP contribution in [0.5, 0.6) is 0 Å². The zero-order valence-electron chi connectivity index (χ0n) is 26.1. The maximum atomic E-state index is 14.2. The first-order valence-electron chi connectivity index (χ1n) is 13.9. The van der Waals surface area contributed by atoms with Gasteiger partial charge < -0.3 is 23.8 Å². The van der Waals surface area contributed by atoms with Gasteiger partial charge in [-0.2, -0.15) is 0 Å². The van der Waals surface area contributed by atoms with Crippen molar-refractivity contribution in [3.05, 3.63) is 54.5 Å². The van der Waals surface area contributed by atoms with Crippen LogP contribution in [0.2, 0.25) is 0 Å². The molecule has 0 aromatic heterocycles. The highest BCUT2D eigenvalue weighted by Crippen LogP contribution is 2.71. The number of ether oxygens (including phenoxy) is 4. The molecule has 13 heteroatoms. The molecule has 10 nitrogen and oxygen atoms in total. The first kappa shape index (κ1) is 33.7. The van der Waals surface area contributed by atoms with Gasteiger partial charge in [-0.15, -0.1) is 0 Å². The molecule has 0 atom stereocenters. The van der Waals surface area contributed by atoms with E-state index in [9.17, 15) is 24.0 Å². The Balaban J connectivity index is 2.17. The van der Waals surface area contributed by atoms with Gasteiger partial charge in [0, 0.05) is 22.0 Å². The Hall–Kier alpha value is -3.16. The van der Waals surface area contributed by atoms with E-state index in [2.05, 4.69) is 0 Å². The van der Waals surface area contributed by atoms with Crippen LogP contribution in [0.1, 0.15) is 51.7 Å². The third-order valence-corrected chi connectivity index (χ3v) is 12.5. The van der Waals surface area contributed by atoms with Gasteiger partial charge in [0.2, 0.25) is 5.91 Å². The van der Waals surface area contributed by atoms with Gasteiger partial charge in [0.25, 0.3) is 0 Å². The first-order chi connectivity index (χ1) is 20.8. The van der Waals surface area contributed by atoms with Gasteiger partial charge >= 0.3 is 23.9 Å². The van der Waals surface area contributed by atoms with Crippen molar-refractivity contribution >= 4 is 76.3 Å². The van der Waals surface area contributed by atoms with Crippen LogP contribution in [-0.2, 0) is 42.9 Å². The molecule has 0 fully saturated rings. The van der Waals surface area contributed by atoms with Crippen molar-refractivity contribution in [1.82, 2.24) is 0 Å². The molecule has 3 aliphatic rings. The Kier molecular flexibility index (Phi) is 9.72. The van der Waals surface area contributed by atoms with Crippen LogP contribution in [0.15, 0.2) is 43.4 Å². The van der Waals surface area contributed by atoms with Crippen molar-refractivity contribution in [1.29, 1.82) is 0 Å². The number of nitrogens with zero attached hydrogens (tertiary/aromatic N) is 1. The predicted octanol–water partition coefficient (Wildman–Crippen LogP) is 5.35. The number of methoxy groups -OCH3 is 4. The summed E-state index contributed by atoms with van der Waals surface area (Å²) in [5.74, 6) is -3.62. The highest BCUT2D eigenvalue weighted by atomic mass is 32.2. The molecule has 1 amide bonds. The minimum atomic E-state index is -1.60. The molecule has 0 aliphatic carbocycles. The number of aryl methyl sites for hydroxylation is 1. The van der Waals surface area contributed by atoms with E-state index in [-0.39, 0.29) is 32.1 Å². The van der Waals surface area contributed by atoms with Crippen LogP contribution < -0.4 is 4.90 Å². The summed E-state index contributed by atoms with van der Waals surface area (Å²) in [6.45, 7) is 9.60. The molecule has 0 saturated carbocycles. The van der Waals surface area contributed by atoms with Crippen molar-refractivity contribution in [2.24, 2.45) is 5.92 Å². The standard InChI is InChI=1S/C31H35NO9S3/c1-10-16(11-2)25(33)32-18-13-12-15(3)14-17(18)19-24(30(32,4)5)42-21(27(35)39-7)20(26(34)38-6)31(19)43-22(28(36)40-8)23(44-31)29(37)41-9/h12-14,16H,10-11H2,1-9H3. The van der Waals surface area contributed by atoms with Crippen LogP contribution in [0.3, 0.4) is 0 Å². The van der Waals surface area contributed by atoms with Crippen LogP contribution in [0.4, 0.5) is 5.69 Å². The van der Waals surface area contributed by atoms with Crippen LogP contribution >= 0.6 is 35.3 Å². The summed E-state index contributed by atoms with van der Waals surface area (Å²) in [7, 11) is 4.75. The molecule has 0 bridgehead atoms. The van der Waals surface area contributed by atoms with Crippen LogP contribution in [0, 0.1) is 12.8 Å². The lowest BCUT2D eigenvalue weighted by Gasteiger charge is -2.51. The molecule has 0 saturated heterocycles. The molecule has 1 aromatic rings. The predicted molar refractivity (Wildman–Crippen MR) is 171 cm³/mol. The number of benzene rings is 1. The number of rotatable bonds is 7. The van der Waals surface area contributed by atoms with E-state index in [1.54, 1.807) is 4.90 Å². The van der Waals surface area contributed by atoms with Gasteiger partial charge in [-0.05, 0) is 45.7 Å². The third-order valence-electron chi connectivity index (χ3n) is 7.85. The monoisotopic (exact) mass is 661 g/mol. The first-order valence-corrected chi connectivity index (χ1v) is 16.3. The minimum Gasteiger partial charge on any atom is -0.466 e. The number of thioether (sulfide) groups is 3. The largest absolute Gasteiger partial charge is 0.466 e. The van der Waals surface area contributed by atoms with E-state index in [1.165, 1.54) is 28.4 Å². The Bertz CT molecular complexity index is 1520. The average molecular weight is 662 g/mol. The normalized spacial score (nSPS) is 18.3. The fourth-order valence-corrected chi connectivity index (χ4v) is 10.7. The summed E-state index contributed by atoms with van der Waals surface area (Å²) < 4.78 is 18.8. The van der Waals surface area contributed by atoms with Crippen molar-refractivity contribution in [2.75, 3.05) is 33.3 Å². The molecule has 1 aromatic carbocycles. The van der Waals surface area contributed by atoms with Gasteiger partial charge in [0.05, 0.1) is 45.2 Å². The van der Waals surface area contributed by atoms with Gasteiger partial charge in [-0.25, -0.2) is 19.2 Å². The lowest BCUT2D eigenvalue weighted by molar-refractivity contribution is -0.138. The maximum absolute atomic E-state index is 14.2. The smallest absolute Gasteiger partial charge is 0.345 e. The molecule has 4 rings (SSSR count). The van der Waals surface area contributed by atoms with E-state index >= 15 is 0 Å². The number of anilines is 1. The third kappa shape index (κ3) is 5.16. The summed E-state index contributed by atoms with van der Waals surface area (Å²) in [5.41, 5.74) is 1.50. The number of hydrogen-bond donors (Lipinski definition) is 0. The number of amides is 1. The summed E-state index contributed by atoms with van der Waals surface area (Å²) >= 11 is 2.85. The van der Waals surface area contributed by atoms with E-state index in [0.717, 1.165) is 40.8 Å². The molecular formula is C31H35NO9S3. The Morgan fingerprint density at radius 1 is 0.795 bits per heavy atom. The van der Waals surface area contributed by atoms with Crippen molar-refractivity contribution in [3.63, 3.8) is 0 Å². The van der Waals surface area contributed by atoms with Crippen molar-refractivity contribution in [3.8, 4) is 0 Å². The molecule has 0 radical (unpaired) electrons. The SMILES string of the molecule is CCC(CC)C(=O)N1c2ccc(C)cc2C2=C(SC(C(=O)OC)=C(C(=O)OC)C23SC(C(=O)OC)=C(C(=O)OC)S3)C1(C)C. The fourth-order valence-electron chi connectivity index (χ4n) is 5.65. The molecule has 0 unspecified atom stereocenters. The number of carbonyl (C=O) groups is 5. The fraction of sp³-hybridized carbons (Fsp3) is 0.452. The Morgan fingerprint density at radius 3 is 1.77 bits per heavy atom. The highest BCUT2D eigenvalue weighted by Gasteiger charge is 2.62. The highest BCUT2D eigenvalue weighted by molar-refractivity contribution is 8.26. The van der Waals surface area contributed by atoms with Gasteiger partial charge in [0.15, 0.2) is 0 Å². The maximum Gasteiger partial charge on any atom is 0.345 e. The zero-order valence-corrected chi connectivity index (χ0v) is 28.5. The van der Waals surface area contributed by atoms with Crippen molar-refractivity contribution < 1.29 is 42.9 Å². The summed E-state index contributed by atoms with van der Waals surface area (Å²) in [5, 5.41) is 0. The van der Waals surface area contributed by atoms with E-state index in [1.807, 2.05) is 52.8 Å².